The Kier molecular flexibility index (Phi) is 4.71. The minimum absolute atomic E-state index is 0.107. The van der Waals surface area contributed by atoms with Crippen molar-refractivity contribution in [3.05, 3.63) is 38.9 Å². The van der Waals surface area contributed by atoms with Gasteiger partial charge in [0, 0.05) is 31.6 Å². The van der Waals surface area contributed by atoms with Gasteiger partial charge >= 0.3 is 0 Å². The van der Waals surface area contributed by atoms with Crippen molar-refractivity contribution in [2.45, 2.75) is 46.1 Å². The number of hydrogen-bond acceptors (Lipinski definition) is 6. The SMILES string of the molecule is CNC(C)Cc1noc(CCc2c(C)nc3c(c2C)c(=O)[nH]n3C)n1. The van der Waals surface area contributed by atoms with Gasteiger partial charge in [0.1, 0.15) is 0 Å². The van der Waals surface area contributed by atoms with Crippen LogP contribution in [0.25, 0.3) is 11.0 Å². The van der Waals surface area contributed by atoms with Crippen LogP contribution in [0.1, 0.15) is 35.5 Å². The Morgan fingerprint density at radius 3 is 2.76 bits per heavy atom. The lowest BCUT2D eigenvalue weighted by Crippen LogP contribution is -2.24. The van der Waals surface area contributed by atoms with Gasteiger partial charge in [-0.15, -0.1) is 0 Å². The summed E-state index contributed by atoms with van der Waals surface area (Å²) in [5.74, 6) is 1.32. The second kappa shape index (κ2) is 6.79. The average molecular weight is 344 g/mol. The van der Waals surface area contributed by atoms with Gasteiger partial charge in [-0.1, -0.05) is 5.16 Å². The maximum atomic E-state index is 12.1. The van der Waals surface area contributed by atoms with E-state index in [9.17, 15) is 4.79 Å². The zero-order valence-electron chi connectivity index (χ0n) is 15.3. The van der Waals surface area contributed by atoms with Gasteiger partial charge < -0.3 is 9.84 Å². The predicted octanol–water partition coefficient (Wildman–Crippen LogP) is 1.20. The number of aromatic nitrogens is 5. The molecule has 8 heteroatoms. The summed E-state index contributed by atoms with van der Waals surface area (Å²) < 4.78 is 7.01. The van der Waals surface area contributed by atoms with E-state index in [1.807, 2.05) is 20.9 Å². The molecule has 0 spiro atoms. The molecule has 3 aromatic rings. The molecule has 0 saturated carbocycles. The number of fused-ring (bicyclic) bond motifs is 1. The Morgan fingerprint density at radius 1 is 1.28 bits per heavy atom. The number of rotatable bonds is 6. The zero-order valence-corrected chi connectivity index (χ0v) is 15.3. The van der Waals surface area contributed by atoms with Crippen molar-refractivity contribution in [3.63, 3.8) is 0 Å². The molecule has 0 saturated heterocycles. The molecule has 0 fully saturated rings. The lowest BCUT2D eigenvalue weighted by molar-refractivity contribution is 0.371. The molecule has 2 N–H and O–H groups in total. The maximum Gasteiger partial charge on any atom is 0.273 e. The molecule has 134 valence electrons. The minimum atomic E-state index is -0.107. The van der Waals surface area contributed by atoms with E-state index < -0.39 is 0 Å². The van der Waals surface area contributed by atoms with Crippen LogP contribution in [0, 0.1) is 13.8 Å². The van der Waals surface area contributed by atoms with Crippen LogP contribution in [0.2, 0.25) is 0 Å². The first-order valence-electron chi connectivity index (χ1n) is 8.44. The second-order valence-electron chi connectivity index (χ2n) is 6.50. The van der Waals surface area contributed by atoms with E-state index in [2.05, 4.69) is 32.5 Å². The van der Waals surface area contributed by atoms with E-state index in [-0.39, 0.29) is 5.56 Å². The molecule has 8 nitrogen and oxygen atoms in total. The third-order valence-electron chi connectivity index (χ3n) is 4.66. The molecular weight excluding hydrogens is 320 g/mol. The van der Waals surface area contributed by atoms with Crippen LogP contribution < -0.4 is 10.9 Å². The predicted molar refractivity (Wildman–Crippen MR) is 94.7 cm³/mol. The van der Waals surface area contributed by atoms with Crippen LogP contribution >= 0.6 is 0 Å². The van der Waals surface area contributed by atoms with Crippen LogP contribution in [-0.2, 0) is 26.3 Å². The Balaban J connectivity index is 1.82. The molecule has 1 unspecified atom stereocenters. The number of pyridine rings is 1. The van der Waals surface area contributed by atoms with Gasteiger partial charge in [0.05, 0.1) is 5.39 Å². The molecular formula is C17H24N6O2. The minimum Gasteiger partial charge on any atom is -0.339 e. The van der Waals surface area contributed by atoms with Crippen LogP contribution in [0.15, 0.2) is 9.32 Å². The largest absolute Gasteiger partial charge is 0.339 e. The Morgan fingerprint density at radius 2 is 2.04 bits per heavy atom. The third kappa shape index (κ3) is 3.34. The molecule has 25 heavy (non-hydrogen) atoms. The Labute approximate surface area is 145 Å². The van der Waals surface area contributed by atoms with E-state index in [1.54, 1.807) is 11.7 Å². The lowest BCUT2D eigenvalue weighted by Gasteiger charge is -2.09. The van der Waals surface area contributed by atoms with E-state index >= 15 is 0 Å². The molecule has 0 bridgehead atoms. The Hall–Kier alpha value is -2.48. The monoisotopic (exact) mass is 344 g/mol. The number of nitrogens with one attached hydrogen (secondary N) is 2. The smallest absolute Gasteiger partial charge is 0.273 e. The van der Waals surface area contributed by atoms with E-state index in [4.69, 9.17) is 4.52 Å². The molecule has 0 aliphatic heterocycles. The molecule has 1 atom stereocenters. The molecule has 3 aromatic heterocycles. The summed E-state index contributed by atoms with van der Waals surface area (Å²) >= 11 is 0. The summed E-state index contributed by atoms with van der Waals surface area (Å²) in [7, 11) is 3.70. The summed E-state index contributed by atoms with van der Waals surface area (Å²) in [5.41, 5.74) is 3.53. The van der Waals surface area contributed by atoms with Crippen molar-refractivity contribution in [2.75, 3.05) is 7.05 Å². The molecule has 0 aromatic carbocycles. The molecule has 3 rings (SSSR count). The van der Waals surface area contributed by atoms with Gasteiger partial charge in [-0.05, 0) is 45.4 Å². The number of aryl methyl sites for hydroxylation is 4. The quantitative estimate of drug-likeness (QED) is 0.697. The highest BCUT2D eigenvalue weighted by Crippen LogP contribution is 2.21. The van der Waals surface area contributed by atoms with Gasteiger partial charge in [0.25, 0.3) is 5.56 Å². The third-order valence-corrected chi connectivity index (χ3v) is 4.66. The van der Waals surface area contributed by atoms with Crippen molar-refractivity contribution in [2.24, 2.45) is 7.05 Å². The molecule has 3 heterocycles. The second-order valence-corrected chi connectivity index (χ2v) is 6.50. The fourth-order valence-electron chi connectivity index (χ4n) is 3.10. The molecule has 0 aliphatic rings. The van der Waals surface area contributed by atoms with Crippen molar-refractivity contribution in [1.82, 2.24) is 30.2 Å². The summed E-state index contributed by atoms with van der Waals surface area (Å²) in [6.07, 6.45) is 2.06. The number of likely N-dealkylation sites (N-methyl/N-ethyl adjacent to an activating group) is 1. The zero-order chi connectivity index (χ0) is 18.1. The van der Waals surface area contributed by atoms with Crippen molar-refractivity contribution < 1.29 is 4.52 Å². The highest BCUT2D eigenvalue weighted by atomic mass is 16.5. The van der Waals surface area contributed by atoms with Crippen molar-refractivity contribution >= 4 is 11.0 Å². The first-order chi connectivity index (χ1) is 11.9. The Bertz CT molecular complexity index is 952. The standard InChI is InChI=1S/C17H24N6O2/c1-9(18-4)8-13-20-14(25-22-13)7-6-12-10(2)15-16(19-11(12)3)23(5)21-17(15)24/h9,18H,6-8H2,1-5H3,(H,21,24). The van der Waals surface area contributed by atoms with Crippen molar-refractivity contribution in [3.8, 4) is 0 Å². The highest BCUT2D eigenvalue weighted by molar-refractivity contribution is 5.80. The summed E-state index contributed by atoms with van der Waals surface area (Å²) in [5, 5.41) is 10.6. The summed E-state index contributed by atoms with van der Waals surface area (Å²) in [4.78, 5) is 21.2. The number of H-pyrrole nitrogens is 1. The van der Waals surface area contributed by atoms with E-state index in [0.29, 0.717) is 41.6 Å². The number of hydrogen-bond donors (Lipinski definition) is 2. The summed E-state index contributed by atoms with van der Waals surface area (Å²) in [6.45, 7) is 6.00. The van der Waals surface area contributed by atoms with Gasteiger partial charge in [-0.3, -0.25) is 14.6 Å². The lowest BCUT2D eigenvalue weighted by atomic mass is 10.0. The molecule has 0 amide bonds. The topological polar surface area (TPSA) is 102 Å². The van der Waals surface area contributed by atoms with Gasteiger partial charge in [-0.2, -0.15) is 4.98 Å². The summed E-state index contributed by atoms with van der Waals surface area (Å²) in [6, 6.07) is 0.298. The van der Waals surface area contributed by atoms with Crippen LogP contribution in [-0.4, -0.2) is 38.0 Å². The maximum absolute atomic E-state index is 12.1. The number of nitrogens with zero attached hydrogens (tertiary/aromatic N) is 4. The van der Waals surface area contributed by atoms with Crippen LogP contribution in [0.4, 0.5) is 0 Å². The van der Waals surface area contributed by atoms with E-state index in [0.717, 1.165) is 23.2 Å². The molecule has 0 aliphatic carbocycles. The first-order valence-corrected chi connectivity index (χ1v) is 8.44. The van der Waals surface area contributed by atoms with E-state index in [1.165, 1.54) is 0 Å². The highest BCUT2D eigenvalue weighted by Gasteiger charge is 2.16. The van der Waals surface area contributed by atoms with Gasteiger partial charge in [0.15, 0.2) is 11.5 Å². The van der Waals surface area contributed by atoms with Gasteiger partial charge in [-0.25, -0.2) is 4.98 Å². The molecule has 0 radical (unpaired) electrons. The fraction of sp³-hybridized carbons (Fsp3) is 0.529. The van der Waals surface area contributed by atoms with Crippen LogP contribution in [0.5, 0.6) is 0 Å². The van der Waals surface area contributed by atoms with Crippen LogP contribution in [0.3, 0.4) is 0 Å². The normalized spacial score (nSPS) is 12.8. The van der Waals surface area contributed by atoms with Gasteiger partial charge in [0.2, 0.25) is 5.89 Å². The first kappa shape index (κ1) is 17.3. The fourth-order valence-corrected chi connectivity index (χ4v) is 3.10. The number of aromatic amines is 1. The van der Waals surface area contributed by atoms with Crippen molar-refractivity contribution in [1.29, 1.82) is 0 Å². The average Bonchev–Trinajstić information content (AvgIpc) is 3.11.